The first-order valence-corrected chi connectivity index (χ1v) is 8.54. The highest BCUT2D eigenvalue weighted by Gasteiger charge is 2.40. The lowest BCUT2D eigenvalue weighted by Gasteiger charge is -2.26. The highest BCUT2D eigenvalue weighted by molar-refractivity contribution is 7.91. The van der Waals surface area contributed by atoms with Gasteiger partial charge in [0.1, 0.15) is 6.04 Å². The zero-order valence-corrected chi connectivity index (χ0v) is 13.4. The summed E-state index contributed by atoms with van der Waals surface area (Å²) in [5.74, 6) is -3.04. The molecule has 0 aromatic rings. The van der Waals surface area contributed by atoms with Crippen molar-refractivity contribution in [2.75, 3.05) is 6.26 Å². The second-order valence-electron chi connectivity index (χ2n) is 5.11. The topological polar surface area (TPSA) is 164 Å². The van der Waals surface area contributed by atoms with Crippen LogP contribution in [0, 0.1) is 0 Å². The first-order valence-electron chi connectivity index (χ1n) is 6.65. The molecule has 0 spiro atoms. The van der Waals surface area contributed by atoms with Gasteiger partial charge in [0.05, 0.1) is 6.42 Å². The van der Waals surface area contributed by atoms with E-state index in [0.29, 0.717) is 6.42 Å². The predicted molar refractivity (Wildman–Crippen MR) is 77.3 cm³/mol. The number of aliphatic hydroxyl groups is 1. The van der Waals surface area contributed by atoms with E-state index in [-0.39, 0.29) is 19.3 Å². The van der Waals surface area contributed by atoms with Crippen molar-refractivity contribution in [2.45, 2.75) is 50.0 Å². The molecule has 9 nitrogen and oxygen atoms in total. The van der Waals surface area contributed by atoms with Gasteiger partial charge in [-0.2, -0.15) is 0 Å². The molecule has 0 aromatic carbocycles. The van der Waals surface area contributed by atoms with Gasteiger partial charge in [0, 0.05) is 12.7 Å². The third-order valence-corrected chi connectivity index (χ3v) is 4.81. The fourth-order valence-electron chi connectivity index (χ4n) is 1.84. The lowest BCUT2D eigenvalue weighted by atomic mass is 10.1. The molecule has 0 aliphatic carbocycles. The SMILES string of the molecule is CCCC(O)(CC(=O)NC(CCC(N)=O)C(=O)O)S(C)(=O)=O. The number of carbonyl (C=O) groups excluding carboxylic acids is 2. The number of primary amides is 1. The standard InChI is InChI=1S/C12H22N2O7S/c1-3-6-12(19,22(2,20)21)7-10(16)14-8(11(17)18)4-5-9(13)15/h8,19H,3-7H2,1-2H3,(H2,13,15)(H,14,16)(H,17,18). The molecule has 0 aliphatic heterocycles. The molecule has 0 rings (SSSR count). The van der Waals surface area contributed by atoms with Crippen molar-refractivity contribution in [3.63, 3.8) is 0 Å². The van der Waals surface area contributed by atoms with Crippen molar-refractivity contribution >= 4 is 27.6 Å². The number of carboxylic acid groups (broad SMARTS) is 1. The largest absolute Gasteiger partial charge is 0.480 e. The quantitative estimate of drug-likeness (QED) is 0.386. The minimum Gasteiger partial charge on any atom is -0.480 e. The van der Waals surface area contributed by atoms with E-state index in [1.807, 2.05) is 0 Å². The number of sulfone groups is 1. The zero-order valence-electron chi connectivity index (χ0n) is 12.5. The molecule has 0 aliphatic rings. The lowest BCUT2D eigenvalue weighted by Crippen LogP contribution is -2.47. The summed E-state index contributed by atoms with van der Waals surface area (Å²) in [7, 11) is -3.93. The van der Waals surface area contributed by atoms with E-state index in [1.54, 1.807) is 6.92 Å². The van der Waals surface area contributed by atoms with Gasteiger partial charge in [-0.05, 0) is 12.8 Å². The highest BCUT2D eigenvalue weighted by atomic mass is 32.2. The minimum absolute atomic E-state index is 0.154. The summed E-state index contributed by atoms with van der Waals surface area (Å²) in [6, 6.07) is -1.38. The maximum Gasteiger partial charge on any atom is 0.326 e. The number of carboxylic acids is 1. The van der Waals surface area contributed by atoms with Crippen LogP contribution in [0.3, 0.4) is 0 Å². The summed E-state index contributed by atoms with van der Waals surface area (Å²) < 4.78 is 23.2. The van der Waals surface area contributed by atoms with Gasteiger partial charge in [-0.15, -0.1) is 0 Å². The van der Waals surface area contributed by atoms with Crippen molar-refractivity contribution in [1.82, 2.24) is 5.32 Å². The van der Waals surface area contributed by atoms with Gasteiger partial charge in [-0.1, -0.05) is 13.3 Å². The second-order valence-corrected chi connectivity index (χ2v) is 7.41. The first-order chi connectivity index (χ1) is 9.93. The van der Waals surface area contributed by atoms with Gasteiger partial charge in [0.2, 0.25) is 11.8 Å². The van der Waals surface area contributed by atoms with Crippen LogP contribution in [-0.2, 0) is 24.2 Å². The summed E-state index contributed by atoms with van der Waals surface area (Å²) in [5, 5.41) is 21.2. The number of aliphatic carboxylic acids is 1. The van der Waals surface area contributed by atoms with Gasteiger partial charge >= 0.3 is 5.97 Å². The van der Waals surface area contributed by atoms with Crippen LogP contribution in [0.2, 0.25) is 0 Å². The van der Waals surface area contributed by atoms with Crippen molar-refractivity contribution in [1.29, 1.82) is 0 Å². The summed E-state index contributed by atoms with van der Waals surface area (Å²) in [6.45, 7) is 1.64. The number of amides is 2. The van der Waals surface area contributed by atoms with Crippen LogP contribution in [0.4, 0.5) is 0 Å². The summed E-state index contributed by atoms with van der Waals surface area (Å²) in [6.07, 6.45) is -0.277. The van der Waals surface area contributed by atoms with E-state index in [0.717, 1.165) is 6.26 Å². The Hall–Kier alpha value is -1.68. The Morgan fingerprint density at radius 2 is 1.86 bits per heavy atom. The third kappa shape index (κ3) is 6.39. The van der Waals surface area contributed by atoms with Crippen molar-refractivity contribution in [3.8, 4) is 0 Å². The van der Waals surface area contributed by atoms with Gasteiger partial charge in [0.25, 0.3) is 0 Å². The Morgan fingerprint density at radius 1 is 1.32 bits per heavy atom. The van der Waals surface area contributed by atoms with E-state index >= 15 is 0 Å². The fraction of sp³-hybridized carbons (Fsp3) is 0.750. The molecule has 0 saturated carbocycles. The Bertz CT molecular complexity index is 532. The van der Waals surface area contributed by atoms with E-state index in [1.165, 1.54) is 0 Å². The lowest BCUT2D eigenvalue weighted by molar-refractivity contribution is -0.142. The van der Waals surface area contributed by atoms with Crippen molar-refractivity contribution in [3.05, 3.63) is 0 Å². The van der Waals surface area contributed by atoms with Crippen molar-refractivity contribution < 1.29 is 33.0 Å². The summed E-state index contributed by atoms with van der Waals surface area (Å²) >= 11 is 0. The van der Waals surface area contributed by atoms with E-state index < -0.39 is 45.0 Å². The first kappa shape index (κ1) is 20.3. The molecule has 5 N–H and O–H groups in total. The van der Waals surface area contributed by atoms with Gasteiger partial charge < -0.3 is 21.3 Å². The van der Waals surface area contributed by atoms with E-state index in [9.17, 15) is 27.9 Å². The summed E-state index contributed by atoms with van der Waals surface area (Å²) in [4.78, 5) is 31.2. The number of carbonyl (C=O) groups is 3. The Balaban J connectivity index is 4.94. The molecule has 2 unspecified atom stereocenters. The number of rotatable bonds is 10. The molecular formula is C12H22N2O7S. The van der Waals surface area contributed by atoms with Crippen LogP contribution in [-0.4, -0.2) is 53.6 Å². The molecule has 0 fully saturated rings. The average Bonchev–Trinajstić information content (AvgIpc) is 2.32. The normalized spacial score (nSPS) is 15.6. The molecule has 0 saturated heterocycles. The van der Waals surface area contributed by atoms with Crippen LogP contribution in [0.1, 0.15) is 39.0 Å². The van der Waals surface area contributed by atoms with Crippen LogP contribution in [0.25, 0.3) is 0 Å². The molecule has 0 heterocycles. The maximum absolute atomic E-state index is 11.8. The highest BCUT2D eigenvalue weighted by Crippen LogP contribution is 2.24. The van der Waals surface area contributed by atoms with Crippen LogP contribution in [0.5, 0.6) is 0 Å². The van der Waals surface area contributed by atoms with Gasteiger partial charge in [0.15, 0.2) is 14.8 Å². The van der Waals surface area contributed by atoms with Crippen LogP contribution >= 0.6 is 0 Å². The smallest absolute Gasteiger partial charge is 0.326 e. The third-order valence-electron chi connectivity index (χ3n) is 3.08. The van der Waals surface area contributed by atoms with Gasteiger partial charge in [-0.3, -0.25) is 9.59 Å². The molecular weight excluding hydrogens is 316 g/mol. The molecule has 22 heavy (non-hydrogen) atoms. The number of nitrogens with one attached hydrogen (secondary N) is 1. The molecule has 0 aromatic heterocycles. The number of nitrogens with two attached hydrogens (primary N) is 1. The molecule has 2 atom stereocenters. The van der Waals surface area contributed by atoms with Crippen molar-refractivity contribution in [2.24, 2.45) is 5.73 Å². The fourth-order valence-corrected chi connectivity index (χ4v) is 2.80. The molecule has 2 amide bonds. The molecule has 10 heteroatoms. The summed E-state index contributed by atoms with van der Waals surface area (Å²) in [5.41, 5.74) is 4.91. The Kier molecular flexibility index (Phi) is 7.47. The minimum atomic E-state index is -3.93. The average molecular weight is 338 g/mol. The molecule has 128 valence electrons. The van der Waals surface area contributed by atoms with Gasteiger partial charge in [-0.25, -0.2) is 13.2 Å². The predicted octanol–water partition coefficient (Wildman–Crippen LogP) is -1.26. The Morgan fingerprint density at radius 3 is 2.23 bits per heavy atom. The van der Waals surface area contributed by atoms with Crippen LogP contribution < -0.4 is 11.1 Å². The second kappa shape index (κ2) is 8.08. The molecule has 0 bridgehead atoms. The molecule has 0 radical (unpaired) electrons. The van der Waals surface area contributed by atoms with Crippen LogP contribution in [0.15, 0.2) is 0 Å². The monoisotopic (exact) mass is 338 g/mol. The Labute approximate surface area is 128 Å². The van der Waals surface area contributed by atoms with E-state index in [2.05, 4.69) is 5.32 Å². The zero-order chi connectivity index (χ0) is 17.6. The maximum atomic E-state index is 11.8. The number of hydrogen-bond donors (Lipinski definition) is 4. The number of hydrogen-bond acceptors (Lipinski definition) is 6. The van der Waals surface area contributed by atoms with E-state index in [4.69, 9.17) is 10.8 Å².